The second-order valence-electron chi connectivity index (χ2n) is 5.83. The van der Waals surface area contributed by atoms with Crippen molar-refractivity contribution >= 4 is 38.5 Å². The van der Waals surface area contributed by atoms with Gasteiger partial charge in [-0.1, -0.05) is 18.7 Å². The average molecular weight is 397 g/mol. The fourth-order valence-electron chi connectivity index (χ4n) is 2.83. The lowest BCUT2D eigenvalue weighted by molar-refractivity contribution is 0.109. The minimum Gasteiger partial charge on any atom is -0.445 e. The third-order valence-corrected chi connectivity index (χ3v) is 5.26. The predicted octanol–water partition coefficient (Wildman–Crippen LogP) is 2.15. The Morgan fingerprint density at radius 2 is 2.35 bits per heavy atom. The molecule has 140 valence electrons. The first-order valence-electron chi connectivity index (χ1n) is 7.88. The Balaban J connectivity index is 1.78. The van der Waals surface area contributed by atoms with Crippen LogP contribution >= 0.6 is 11.3 Å². The van der Waals surface area contributed by atoms with Crippen molar-refractivity contribution in [3.05, 3.63) is 42.3 Å². The first kappa shape index (κ1) is 18.6. The number of rotatable bonds is 6. The molecule has 3 heterocycles. The molecule has 2 atom stereocenters. The summed E-state index contributed by atoms with van der Waals surface area (Å²) < 4.78 is 34.9. The Kier molecular flexibility index (Phi) is 5.44. The molecule has 2 aromatic heterocycles. The lowest BCUT2D eigenvalue weighted by Gasteiger charge is -2.20. The molecule has 10 heteroatoms. The highest BCUT2D eigenvalue weighted by molar-refractivity contribution is 7.86. The number of hydrogen-bond acceptors (Lipinski definition) is 7. The van der Waals surface area contributed by atoms with Crippen LogP contribution in [0.4, 0.5) is 4.79 Å². The normalized spacial score (nSPS) is 20.9. The van der Waals surface area contributed by atoms with Gasteiger partial charge < -0.3 is 4.74 Å². The first-order valence-corrected chi connectivity index (χ1v) is 10.6. The molecule has 1 aliphatic rings. The van der Waals surface area contributed by atoms with E-state index in [-0.39, 0.29) is 19.2 Å². The SMILES string of the molecule is C=CCOC(=O)N1C[C@H](OS(C)(=O)=O)C[C@H]1C=Cc1ncc2sccn12. The Hall–Kier alpha value is -2.17. The summed E-state index contributed by atoms with van der Waals surface area (Å²) in [5, 5.41) is 1.96. The number of nitrogens with zero attached hydrogens (tertiary/aromatic N) is 3. The molecule has 2 aromatic rings. The molecule has 1 amide bonds. The van der Waals surface area contributed by atoms with Crippen LogP contribution in [0.2, 0.25) is 0 Å². The number of likely N-dealkylation sites (tertiary alicyclic amines) is 1. The zero-order valence-corrected chi connectivity index (χ0v) is 15.8. The summed E-state index contributed by atoms with van der Waals surface area (Å²) in [6, 6.07) is -0.356. The van der Waals surface area contributed by atoms with Crippen LogP contribution < -0.4 is 0 Å². The van der Waals surface area contributed by atoms with Crippen LogP contribution in [0.15, 0.2) is 36.5 Å². The molecule has 1 aliphatic heterocycles. The number of ether oxygens (including phenoxy) is 1. The fraction of sp³-hybridized carbons (Fsp3) is 0.375. The second-order valence-corrected chi connectivity index (χ2v) is 8.36. The highest BCUT2D eigenvalue weighted by Gasteiger charge is 2.37. The van der Waals surface area contributed by atoms with Gasteiger partial charge in [-0.2, -0.15) is 8.42 Å². The Labute approximate surface area is 155 Å². The molecule has 0 N–H and O–H groups in total. The minimum absolute atomic E-state index is 0.0825. The van der Waals surface area contributed by atoms with Gasteiger partial charge in [-0.25, -0.2) is 9.78 Å². The van der Waals surface area contributed by atoms with Crippen molar-refractivity contribution in [1.82, 2.24) is 14.3 Å². The van der Waals surface area contributed by atoms with Crippen molar-refractivity contribution in [3.8, 4) is 0 Å². The molecule has 0 bridgehead atoms. The summed E-state index contributed by atoms with van der Waals surface area (Å²) in [4.78, 5) is 19.0. The monoisotopic (exact) mass is 397 g/mol. The van der Waals surface area contributed by atoms with Crippen molar-refractivity contribution in [2.24, 2.45) is 0 Å². The molecule has 3 rings (SSSR count). The van der Waals surface area contributed by atoms with Gasteiger partial charge in [-0.3, -0.25) is 13.5 Å². The molecule has 1 saturated heterocycles. The number of thiazole rings is 1. The third kappa shape index (κ3) is 4.32. The Bertz CT molecular complexity index is 931. The van der Waals surface area contributed by atoms with E-state index in [4.69, 9.17) is 8.92 Å². The van der Waals surface area contributed by atoms with Crippen LogP contribution in [0.25, 0.3) is 10.9 Å². The molecule has 8 nitrogen and oxygen atoms in total. The van der Waals surface area contributed by atoms with Crippen molar-refractivity contribution in [1.29, 1.82) is 0 Å². The van der Waals surface area contributed by atoms with E-state index in [0.717, 1.165) is 16.9 Å². The van der Waals surface area contributed by atoms with Crippen molar-refractivity contribution in [2.45, 2.75) is 18.6 Å². The molecule has 0 radical (unpaired) electrons. The molecule has 0 saturated carbocycles. The van der Waals surface area contributed by atoms with Crippen LogP contribution in [0, 0.1) is 0 Å². The molecule has 0 spiro atoms. The zero-order chi connectivity index (χ0) is 18.7. The van der Waals surface area contributed by atoms with E-state index >= 15 is 0 Å². The van der Waals surface area contributed by atoms with Gasteiger partial charge in [0.2, 0.25) is 0 Å². The van der Waals surface area contributed by atoms with Gasteiger partial charge in [-0.15, -0.1) is 11.3 Å². The summed E-state index contributed by atoms with van der Waals surface area (Å²) >= 11 is 1.57. The number of aromatic nitrogens is 2. The topological polar surface area (TPSA) is 90.2 Å². The lowest BCUT2D eigenvalue weighted by atomic mass is 10.2. The average Bonchev–Trinajstić information content (AvgIpc) is 3.25. The summed E-state index contributed by atoms with van der Waals surface area (Å²) in [5.74, 6) is 0.730. The summed E-state index contributed by atoms with van der Waals surface area (Å²) in [6.07, 6.45) is 8.96. The largest absolute Gasteiger partial charge is 0.445 e. The standard InChI is InChI=1S/C16H19N3O5S2/c1-3-7-23-16(20)19-11-13(24-26(2,21)22)9-12(19)4-5-14-17-10-15-18(14)6-8-25-15/h3-6,8,10,12-13H,1,7,9,11H2,2H3/t12-,13-/m1/s1. The highest BCUT2D eigenvalue weighted by Crippen LogP contribution is 2.24. The van der Waals surface area contributed by atoms with E-state index < -0.39 is 22.3 Å². The molecule has 26 heavy (non-hydrogen) atoms. The van der Waals surface area contributed by atoms with E-state index in [9.17, 15) is 13.2 Å². The number of imidazole rings is 1. The number of amides is 1. The van der Waals surface area contributed by atoms with E-state index in [0.29, 0.717) is 6.42 Å². The van der Waals surface area contributed by atoms with Crippen LogP contribution in [-0.4, -0.2) is 60.3 Å². The van der Waals surface area contributed by atoms with Crippen molar-refractivity contribution in [2.75, 3.05) is 19.4 Å². The van der Waals surface area contributed by atoms with Gasteiger partial charge in [0.05, 0.1) is 31.1 Å². The summed E-state index contributed by atoms with van der Waals surface area (Å²) in [6.45, 7) is 3.73. The van der Waals surface area contributed by atoms with Crippen LogP contribution in [-0.2, 0) is 19.0 Å². The molecule has 0 unspecified atom stereocenters. The first-order chi connectivity index (χ1) is 12.4. The number of carbonyl (C=O) groups excluding carboxylic acids is 1. The van der Waals surface area contributed by atoms with E-state index in [1.807, 2.05) is 22.1 Å². The molecule has 0 aromatic carbocycles. The zero-order valence-electron chi connectivity index (χ0n) is 14.1. The number of carbonyl (C=O) groups is 1. The smallest absolute Gasteiger partial charge is 0.410 e. The highest BCUT2D eigenvalue weighted by atomic mass is 32.2. The molecular weight excluding hydrogens is 378 g/mol. The maximum Gasteiger partial charge on any atom is 0.410 e. The summed E-state index contributed by atoms with van der Waals surface area (Å²) in [7, 11) is -3.61. The minimum atomic E-state index is -3.61. The molecule has 1 fully saturated rings. The van der Waals surface area contributed by atoms with Gasteiger partial charge in [0.15, 0.2) is 0 Å². The van der Waals surface area contributed by atoms with Crippen LogP contribution in [0.3, 0.4) is 0 Å². The van der Waals surface area contributed by atoms with Crippen molar-refractivity contribution in [3.63, 3.8) is 0 Å². The fourth-order valence-corrected chi connectivity index (χ4v) is 4.16. The van der Waals surface area contributed by atoms with Gasteiger partial charge in [0, 0.05) is 18.0 Å². The van der Waals surface area contributed by atoms with Crippen molar-refractivity contribution < 1.29 is 22.1 Å². The van der Waals surface area contributed by atoms with Crippen LogP contribution in [0.5, 0.6) is 0 Å². The molecular formula is C16H19N3O5S2. The van der Waals surface area contributed by atoms with Gasteiger partial charge >= 0.3 is 6.09 Å². The van der Waals surface area contributed by atoms with E-state index in [1.165, 1.54) is 11.0 Å². The Morgan fingerprint density at radius 1 is 1.54 bits per heavy atom. The van der Waals surface area contributed by atoms with Crippen LogP contribution in [0.1, 0.15) is 12.2 Å². The third-order valence-electron chi connectivity index (χ3n) is 3.83. The lowest BCUT2D eigenvalue weighted by Crippen LogP contribution is -2.35. The number of hydrogen-bond donors (Lipinski definition) is 0. The molecule has 0 aliphatic carbocycles. The number of fused-ring (bicyclic) bond motifs is 1. The quantitative estimate of drug-likeness (QED) is 0.548. The predicted molar refractivity (Wildman–Crippen MR) is 98.5 cm³/mol. The van der Waals surface area contributed by atoms with Gasteiger partial charge in [-0.05, 0) is 6.08 Å². The second kappa shape index (κ2) is 7.60. The summed E-state index contributed by atoms with van der Waals surface area (Å²) in [5.41, 5.74) is 0. The van der Waals surface area contributed by atoms with Gasteiger partial charge in [0.25, 0.3) is 10.1 Å². The van der Waals surface area contributed by atoms with E-state index in [2.05, 4.69) is 11.6 Å². The Morgan fingerprint density at radius 3 is 3.08 bits per heavy atom. The van der Waals surface area contributed by atoms with E-state index in [1.54, 1.807) is 23.6 Å². The van der Waals surface area contributed by atoms with Gasteiger partial charge in [0.1, 0.15) is 17.3 Å². The maximum atomic E-state index is 12.3. The maximum absolute atomic E-state index is 12.3.